The topological polar surface area (TPSA) is 60.2 Å². The van der Waals surface area contributed by atoms with Crippen molar-refractivity contribution in [1.29, 1.82) is 0 Å². The summed E-state index contributed by atoms with van der Waals surface area (Å²) in [6.45, 7) is 3.80. The summed E-state index contributed by atoms with van der Waals surface area (Å²) in [7, 11) is -3.57. The van der Waals surface area contributed by atoms with Crippen molar-refractivity contribution < 1.29 is 8.42 Å². The minimum absolute atomic E-state index is 0.245. The Morgan fingerprint density at radius 1 is 1.38 bits per heavy atom. The van der Waals surface area contributed by atoms with Crippen molar-refractivity contribution >= 4 is 10.0 Å². The molecule has 1 rings (SSSR count). The van der Waals surface area contributed by atoms with E-state index in [-0.39, 0.29) is 4.90 Å². The molecule has 0 atom stereocenters. The maximum Gasteiger partial charge on any atom is 0.238 e. The van der Waals surface area contributed by atoms with Crippen molar-refractivity contribution in [1.82, 2.24) is 0 Å². The fourth-order valence-corrected chi connectivity index (χ4v) is 2.31. The van der Waals surface area contributed by atoms with Gasteiger partial charge in [0.05, 0.1) is 4.90 Å². The smallest absolute Gasteiger partial charge is 0.225 e. The molecule has 2 N–H and O–H groups in total. The first-order valence-corrected chi connectivity index (χ1v) is 5.62. The summed E-state index contributed by atoms with van der Waals surface area (Å²) < 4.78 is 22.3. The number of sulfonamides is 1. The van der Waals surface area contributed by atoms with E-state index in [2.05, 4.69) is 0 Å². The van der Waals surface area contributed by atoms with Gasteiger partial charge in [-0.3, -0.25) is 0 Å². The second-order valence-corrected chi connectivity index (χ2v) is 4.48. The summed E-state index contributed by atoms with van der Waals surface area (Å²) in [5.41, 5.74) is 1.78. The molecular weight excluding hydrogens is 186 g/mol. The molecule has 0 spiro atoms. The van der Waals surface area contributed by atoms with E-state index < -0.39 is 10.0 Å². The Kier molecular flexibility index (Phi) is 2.73. The molecule has 0 bridgehead atoms. The highest BCUT2D eigenvalue weighted by molar-refractivity contribution is 7.89. The lowest BCUT2D eigenvalue weighted by Crippen LogP contribution is -2.14. The lowest BCUT2D eigenvalue weighted by molar-refractivity contribution is 0.596. The van der Waals surface area contributed by atoms with Crippen LogP contribution in [0.4, 0.5) is 0 Å². The molecule has 1 aromatic rings. The number of hydrogen-bond acceptors (Lipinski definition) is 2. The van der Waals surface area contributed by atoms with Gasteiger partial charge >= 0.3 is 0 Å². The molecule has 0 aromatic heterocycles. The van der Waals surface area contributed by atoms with Crippen molar-refractivity contribution in [2.75, 3.05) is 0 Å². The zero-order chi connectivity index (χ0) is 10.1. The minimum Gasteiger partial charge on any atom is -0.225 e. The van der Waals surface area contributed by atoms with E-state index >= 15 is 0 Å². The highest BCUT2D eigenvalue weighted by Gasteiger charge is 2.13. The first-order chi connectivity index (χ1) is 5.96. The highest BCUT2D eigenvalue weighted by atomic mass is 32.2. The summed E-state index contributed by atoms with van der Waals surface area (Å²) in [4.78, 5) is 0.245. The molecule has 0 unspecified atom stereocenters. The first-order valence-electron chi connectivity index (χ1n) is 4.08. The van der Waals surface area contributed by atoms with Crippen molar-refractivity contribution in [3.8, 4) is 0 Å². The Bertz CT molecular complexity index is 410. The third-order valence-corrected chi connectivity index (χ3v) is 3.02. The van der Waals surface area contributed by atoms with Gasteiger partial charge in [0.2, 0.25) is 10.0 Å². The molecule has 1 aromatic carbocycles. The van der Waals surface area contributed by atoms with Crippen LogP contribution in [0.25, 0.3) is 0 Å². The quantitative estimate of drug-likeness (QED) is 0.778. The highest BCUT2D eigenvalue weighted by Crippen LogP contribution is 2.18. The van der Waals surface area contributed by atoms with E-state index in [9.17, 15) is 8.42 Å². The number of benzene rings is 1. The summed E-state index contributed by atoms with van der Waals surface area (Å²) in [5, 5.41) is 5.07. The van der Waals surface area contributed by atoms with E-state index in [0.29, 0.717) is 6.42 Å². The van der Waals surface area contributed by atoms with Gasteiger partial charge in [-0.15, -0.1) is 0 Å². The SMILES string of the molecule is CCc1c(C)cccc1S(N)(=O)=O. The van der Waals surface area contributed by atoms with Crippen LogP contribution in [0.5, 0.6) is 0 Å². The van der Waals surface area contributed by atoms with E-state index in [4.69, 9.17) is 5.14 Å². The number of hydrogen-bond donors (Lipinski definition) is 1. The Labute approximate surface area is 78.6 Å². The van der Waals surface area contributed by atoms with E-state index in [1.165, 1.54) is 0 Å². The van der Waals surface area contributed by atoms with Crippen LogP contribution in [0.1, 0.15) is 18.1 Å². The predicted octanol–water partition coefficient (Wildman–Crippen LogP) is 1.20. The van der Waals surface area contributed by atoms with Crippen LogP contribution in [0.15, 0.2) is 23.1 Å². The van der Waals surface area contributed by atoms with Gasteiger partial charge in [-0.05, 0) is 30.5 Å². The Balaban J connectivity index is 3.47. The number of nitrogens with two attached hydrogens (primary N) is 1. The van der Waals surface area contributed by atoms with E-state index in [1.807, 2.05) is 19.9 Å². The summed E-state index contributed by atoms with van der Waals surface area (Å²) in [6, 6.07) is 5.13. The maximum absolute atomic E-state index is 11.1. The van der Waals surface area contributed by atoms with Gasteiger partial charge in [0.15, 0.2) is 0 Å². The summed E-state index contributed by atoms with van der Waals surface area (Å²) in [5.74, 6) is 0. The third-order valence-electron chi connectivity index (χ3n) is 2.03. The van der Waals surface area contributed by atoms with Crippen molar-refractivity contribution in [3.63, 3.8) is 0 Å². The normalized spacial score (nSPS) is 11.6. The molecule has 0 saturated carbocycles. The van der Waals surface area contributed by atoms with E-state index in [0.717, 1.165) is 11.1 Å². The molecule has 0 aliphatic heterocycles. The van der Waals surface area contributed by atoms with Crippen molar-refractivity contribution in [3.05, 3.63) is 29.3 Å². The predicted molar refractivity (Wildman–Crippen MR) is 51.9 cm³/mol. The van der Waals surface area contributed by atoms with Gasteiger partial charge < -0.3 is 0 Å². The molecule has 4 heteroatoms. The van der Waals surface area contributed by atoms with Gasteiger partial charge in [0, 0.05) is 0 Å². The van der Waals surface area contributed by atoms with Crippen LogP contribution in [0, 0.1) is 6.92 Å². The number of rotatable bonds is 2. The number of primary sulfonamides is 1. The molecule has 0 heterocycles. The van der Waals surface area contributed by atoms with Gasteiger partial charge in [-0.2, -0.15) is 0 Å². The maximum atomic E-state index is 11.1. The Hall–Kier alpha value is -0.870. The molecule has 0 radical (unpaired) electrons. The molecule has 0 aliphatic carbocycles. The average Bonchev–Trinajstić information content (AvgIpc) is 2.02. The molecule has 72 valence electrons. The summed E-state index contributed by atoms with van der Waals surface area (Å²) in [6.07, 6.45) is 0.679. The molecule has 0 fully saturated rings. The van der Waals surface area contributed by atoms with Crippen LogP contribution < -0.4 is 5.14 Å². The van der Waals surface area contributed by atoms with Gasteiger partial charge in [0.1, 0.15) is 0 Å². The lowest BCUT2D eigenvalue weighted by atomic mass is 10.1. The van der Waals surface area contributed by atoms with Gasteiger partial charge in [-0.1, -0.05) is 19.1 Å². The second-order valence-electron chi connectivity index (χ2n) is 2.95. The van der Waals surface area contributed by atoms with Crippen LogP contribution in [-0.2, 0) is 16.4 Å². The van der Waals surface area contributed by atoms with E-state index in [1.54, 1.807) is 12.1 Å². The van der Waals surface area contributed by atoms with Gasteiger partial charge in [0.25, 0.3) is 0 Å². The zero-order valence-corrected chi connectivity index (χ0v) is 8.56. The van der Waals surface area contributed by atoms with Crippen molar-refractivity contribution in [2.45, 2.75) is 25.2 Å². The third kappa shape index (κ3) is 2.08. The lowest BCUT2D eigenvalue weighted by Gasteiger charge is -2.07. The molecular formula is C9H13NO2S. The van der Waals surface area contributed by atoms with Gasteiger partial charge in [-0.25, -0.2) is 13.6 Å². The molecule has 0 aliphatic rings. The second kappa shape index (κ2) is 3.47. The Morgan fingerprint density at radius 3 is 2.38 bits per heavy atom. The Morgan fingerprint density at radius 2 is 2.00 bits per heavy atom. The van der Waals surface area contributed by atoms with Crippen LogP contribution in [0.3, 0.4) is 0 Å². The average molecular weight is 199 g/mol. The van der Waals surface area contributed by atoms with Crippen LogP contribution >= 0.6 is 0 Å². The van der Waals surface area contributed by atoms with Crippen LogP contribution in [-0.4, -0.2) is 8.42 Å². The first kappa shape index (κ1) is 10.2. The van der Waals surface area contributed by atoms with Crippen LogP contribution in [0.2, 0.25) is 0 Å². The standard InChI is InChI=1S/C9H13NO2S/c1-3-8-7(2)5-4-6-9(8)13(10,11)12/h4-6H,3H2,1-2H3,(H2,10,11,12). The number of aryl methyl sites for hydroxylation is 1. The molecule has 0 saturated heterocycles. The molecule has 0 amide bonds. The van der Waals surface area contributed by atoms with Crippen molar-refractivity contribution in [2.24, 2.45) is 5.14 Å². The molecule has 13 heavy (non-hydrogen) atoms. The monoisotopic (exact) mass is 199 g/mol. The molecule has 3 nitrogen and oxygen atoms in total. The largest absolute Gasteiger partial charge is 0.238 e. The fourth-order valence-electron chi connectivity index (χ4n) is 1.39. The summed E-state index contributed by atoms with van der Waals surface area (Å²) >= 11 is 0. The minimum atomic E-state index is -3.57. The zero-order valence-electron chi connectivity index (χ0n) is 7.74. The fraction of sp³-hybridized carbons (Fsp3) is 0.333.